The Bertz CT molecular complexity index is 717. The van der Waals surface area contributed by atoms with Crippen molar-refractivity contribution in [2.24, 2.45) is 17.8 Å². The number of hydrogen-bond donors (Lipinski definition) is 1. The highest BCUT2D eigenvalue weighted by molar-refractivity contribution is 7.89. The normalized spacial score (nSPS) is 16.0. The van der Waals surface area contributed by atoms with Gasteiger partial charge in [0.2, 0.25) is 10.0 Å². The lowest BCUT2D eigenvalue weighted by Gasteiger charge is -2.23. The van der Waals surface area contributed by atoms with Crippen LogP contribution >= 0.6 is 0 Å². The second-order valence-electron chi connectivity index (χ2n) is 8.42. The van der Waals surface area contributed by atoms with E-state index in [1.54, 1.807) is 12.1 Å². The third-order valence-corrected chi connectivity index (χ3v) is 6.05. The Balaban J connectivity index is 1.98. The summed E-state index contributed by atoms with van der Waals surface area (Å²) in [4.78, 5) is 0. The number of ether oxygens (including phenoxy) is 2. The standard InChI is InChI=1S/C21H34FNO4S/c1-15(2)13-26-10-5-11-28(24,25)23-21(16(3)4)18-8-9-19(22)20(12-18)27-14-17-6-7-17/h8-9,12,15-17,21,23H,5-7,10-11,13-14H2,1-4H3/t21-/m0/s1. The van der Waals surface area contributed by atoms with Crippen molar-refractivity contribution in [3.05, 3.63) is 29.6 Å². The quantitative estimate of drug-likeness (QED) is 0.488. The molecule has 0 saturated heterocycles. The second-order valence-corrected chi connectivity index (χ2v) is 10.3. The summed E-state index contributed by atoms with van der Waals surface area (Å²) in [6.45, 7) is 9.53. The summed E-state index contributed by atoms with van der Waals surface area (Å²) in [5.41, 5.74) is 0.710. The first-order chi connectivity index (χ1) is 13.2. The van der Waals surface area contributed by atoms with Crippen molar-refractivity contribution in [1.82, 2.24) is 4.72 Å². The summed E-state index contributed by atoms with van der Waals surface area (Å²) in [5, 5.41) is 0. The van der Waals surface area contributed by atoms with Gasteiger partial charge >= 0.3 is 0 Å². The highest BCUT2D eigenvalue weighted by atomic mass is 32.2. The van der Waals surface area contributed by atoms with Crippen LogP contribution in [0.4, 0.5) is 4.39 Å². The molecule has 0 amide bonds. The number of sulfonamides is 1. The second kappa shape index (κ2) is 10.6. The number of hydrogen-bond acceptors (Lipinski definition) is 4. The Labute approximate surface area is 169 Å². The molecule has 0 radical (unpaired) electrons. The fourth-order valence-corrected chi connectivity index (χ4v) is 4.24. The highest BCUT2D eigenvalue weighted by Gasteiger charge is 2.25. The lowest BCUT2D eigenvalue weighted by atomic mass is 9.97. The Morgan fingerprint density at radius 3 is 2.54 bits per heavy atom. The molecular weight excluding hydrogens is 381 g/mol. The first-order valence-corrected chi connectivity index (χ1v) is 11.8. The van der Waals surface area contributed by atoms with Crippen molar-refractivity contribution in [2.45, 2.75) is 53.0 Å². The lowest BCUT2D eigenvalue weighted by molar-refractivity contribution is 0.111. The maximum Gasteiger partial charge on any atom is 0.212 e. The maximum absolute atomic E-state index is 14.1. The van der Waals surface area contributed by atoms with Crippen LogP contribution in [0.5, 0.6) is 5.75 Å². The molecule has 1 aliphatic rings. The van der Waals surface area contributed by atoms with Gasteiger partial charge in [-0.25, -0.2) is 17.5 Å². The number of nitrogens with one attached hydrogen (secondary N) is 1. The van der Waals surface area contributed by atoms with Gasteiger partial charge in [-0.2, -0.15) is 0 Å². The van der Waals surface area contributed by atoms with Gasteiger partial charge in [0.15, 0.2) is 11.6 Å². The minimum absolute atomic E-state index is 0.000543. The third-order valence-electron chi connectivity index (χ3n) is 4.61. The largest absolute Gasteiger partial charge is 0.490 e. The Morgan fingerprint density at radius 1 is 1.21 bits per heavy atom. The van der Waals surface area contributed by atoms with E-state index >= 15 is 0 Å². The van der Waals surface area contributed by atoms with Crippen LogP contribution in [0.1, 0.15) is 58.6 Å². The molecule has 1 fully saturated rings. The van der Waals surface area contributed by atoms with Crippen molar-refractivity contribution in [3.63, 3.8) is 0 Å². The molecule has 2 rings (SSSR count). The van der Waals surface area contributed by atoms with Gasteiger partial charge in [0.05, 0.1) is 12.4 Å². The average molecular weight is 416 g/mol. The molecule has 5 nitrogen and oxygen atoms in total. The number of halogens is 1. The van der Waals surface area contributed by atoms with Gasteiger partial charge in [-0.05, 0) is 54.7 Å². The highest BCUT2D eigenvalue weighted by Crippen LogP contribution is 2.32. The van der Waals surface area contributed by atoms with Crippen LogP contribution in [0.2, 0.25) is 0 Å². The first kappa shape index (κ1) is 23.1. The van der Waals surface area contributed by atoms with Crippen molar-refractivity contribution < 1.29 is 22.3 Å². The summed E-state index contributed by atoms with van der Waals surface area (Å²) in [6, 6.07) is 4.15. The molecule has 0 spiro atoms. The maximum atomic E-state index is 14.1. The zero-order valence-corrected chi connectivity index (χ0v) is 18.2. The predicted molar refractivity (Wildman–Crippen MR) is 109 cm³/mol. The van der Waals surface area contributed by atoms with E-state index in [0.717, 1.165) is 12.8 Å². The van der Waals surface area contributed by atoms with Gasteiger partial charge in [-0.1, -0.05) is 33.8 Å². The minimum atomic E-state index is -3.48. The Hall–Kier alpha value is -1.18. The number of benzene rings is 1. The molecule has 7 heteroatoms. The molecule has 1 saturated carbocycles. The van der Waals surface area contributed by atoms with Crippen LogP contribution in [-0.4, -0.2) is 34.0 Å². The summed E-state index contributed by atoms with van der Waals surface area (Å²) < 4.78 is 52.9. The average Bonchev–Trinajstić information content (AvgIpc) is 3.43. The molecule has 1 aromatic carbocycles. The Kier molecular flexibility index (Phi) is 8.71. The van der Waals surface area contributed by atoms with Crippen LogP contribution in [-0.2, 0) is 14.8 Å². The lowest BCUT2D eigenvalue weighted by Crippen LogP contribution is -2.34. The molecular formula is C21H34FNO4S. The van der Waals surface area contributed by atoms with E-state index in [9.17, 15) is 12.8 Å². The molecule has 0 heterocycles. The van der Waals surface area contributed by atoms with E-state index in [2.05, 4.69) is 18.6 Å². The fraction of sp³-hybridized carbons (Fsp3) is 0.714. The van der Waals surface area contributed by atoms with Crippen molar-refractivity contribution in [1.29, 1.82) is 0 Å². The van der Waals surface area contributed by atoms with Crippen LogP contribution < -0.4 is 9.46 Å². The monoisotopic (exact) mass is 415 g/mol. The van der Waals surface area contributed by atoms with Gasteiger partial charge in [-0.3, -0.25) is 0 Å². The molecule has 1 N–H and O–H groups in total. The molecule has 0 bridgehead atoms. The van der Waals surface area contributed by atoms with Gasteiger partial charge in [0.25, 0.3) is 0 Å². The summed E-state index contributed by atoms with van der Waals surface area (Å²) >= 11 is 0. The summed E-state index contributed by atoms with van der Waals surface area (Å²) in [6.07, 6.45) is 2.68. The molecule has 1 aliphatic carbocycles. The van der Waals surface area contributed by atoms with Gasteiger partial charge in [0, 0.05) is 19.3 Å². The van der Waals surface area contributed by atoms with Crippen molar-refractivity contribution in [3.8, 4) is 5.75 Å². The molecule has 160 valence electrons. The first-order valence-electron chi connectivity index (χ1n) is 10.2. The molecule has 0 unspecified atom stereocenters. The SMILES string of the molecule is CC(C)COCCCS(=O)(=O)N[C@H](c1ccc(F)c(OCC2CC2)c1)C(C)C. The minimum Gasteiger partial charge on any atom is -0.490 e. The smallest absolute Gasteiger partial charge is 0.212 e. The topological polar surface area (TPSA) is 64.6 Å². The molecule has 0 aromatic heterocycles. The zero-order valence-electron chi connectivity index (χ0n) is 17.4. The molecule has 1 atom stereocenters. The molecule has 28 heavy (non-hydrogen) atoms. The molecule has 0 aliphatic heterocycles. The predicted octanol–water partition coefficient (Wildman–Crippen LogP) is 4.29. The van der Waals surface area contributed by atoms with E-state index in [1.165, 1.54) is 6.07 Å². The van der Waals surface area contributed by atoms with E-state index in [4.69, 9.17) is 9.47 Å². The summed E-state index contributed by atoms with van der Waals surface area (Å²) in [5.74, 6) is 0.720. The van der Waals surface area contributed by atoms with Gasteiger partial charge in [0.1, 0.15) is 0 Å². The number of rotatable bonds is 13. The van der Waals surface area contributed by atoms with E-state index in [0.29, 0.717) is 43.6 Å². The van der Waals surface area contributed by atoms with Crippen molar-refractivity contribution in [2.75, 3.05) is 25.6 Å². The fourth-order valence-electron chi connectivity index (χ4n) is 2.83. The van der Waals surface area contributed by atoms with Crippen LogP contribution in [0.3, 0.4) is 0 Å². The van der Waals surface area contributed by atoms with Gasteiger partial charge < -0.3 is 9.47 Å². The van der Waals surface area contributed by atoms with Gasteiger partial charge in [-0.15, -0.1) is 0 Å². The van der Waals surface area contributed by atoms with Crippen molar-refractivity contribution >= 4 is 10.0 Å². The van der Waals surface area contributed by atoms with Crippen LogP contribution in [0, 0.1) is 23.6 Å². The summed E-state index contributed by atoms with van der Waals surface area (Å²) in [7, 11) is -3.48. The van der Waals surface area contributed by atoms with Crippen LogP contribution in [0.25, 0.3) is 0 Å². The Morgan fingerprint density at radius 2 is 1.93 bits per heavy atom. The van der Waals surface area contributed by atoms with E-state index in [-0.39, 0.29) is 17.4 Å². The zero-order chi connectivity index (χ0) is 20.7. The van der Waals surface area contributed by atoms with E-state index in [1.807, 2.05) is 13.8 Å². The van der Waals surface area contributed by atoms with Crippen LogP contribution in [0.15, 0.2) is 18.2 Å². The molecule has 1 aromatic rings. The van der Waals surface area contributed by atoms with E-state index < -0.39 is 21.9 Å². The third kappa shape index (κ3) is 8.05.